The molecule has 0 aliphatic rings. The molecule has 6 heteroatoms. The van der Waals surface area contributed by atoms with Crippen LogP contribution in [0.2, 0.25) is 0 Å². The quantitative estimate of drug-likeness (QED) is 0.610. The highest BCUT2D eigenvalue weighted by atomic mass is 16.4. The molecular formula is C15H9N3O3. The average Bonchev–Trinajstić information content (AvgIpc) is 3.09. The number of carbonyl (C=O) groups is 1. The van der Waals surface area contributed by atoms with Crippen molar-refractivity contribution in [1.29, 1.82) is 0 Å². The zero-order valence-electron chi connectivity index (χ0n) is 10.7. The molecule has 0 radical (unpaired) electrons. The Bertz CT molecular complexity index is 984. The second kappa shape index (κ2) is 4.17. The third-order valence-corrected chi connectivity index (χ3v) is 3.29. The molecule has 1 N–H and O–H groups in total. The predicted octanol–water partition coefficient (Wildman–Crippen LogP) is 2.84. The SMILES string of the molecule is O=C(O)c1ccc2oc(-c3cnn4ccccc34)nc2c1. The van der Waals surface area contributed by atoms with E-state index in [-0.39, 0.29) is 5.56 Å². The molecule has 102 valence electrons. The summed E-state index contributed by atoms with van der Waals surface area (Å²) in [5.74, 6) is -0.564. The standard InChI is InChI=1S/C15H9N3O3/c19-15(20)9-4-5-13-11(7-9)17-14(21-13)10-8-16-18-6-2-1-3-12(10)18/h1-8H,(H,19,20). The van der Waals surface area contributed by atoms with Gasteiger partial charge in [0.15, 0.2) is 5.58 Å². The number of carboxylic acids is 1. The molecule has 0 saturated carbocycles. The monoisotopic (exact) mass is 279 g/mol. The fourth-order valence-electron chi connectivity index (χ4n) is 2.27. The maximum atomic E-state index is 11.0. The van der Waals surface area contributed by atoms with E-state index in [1.807, 2.05) is 24.4 Å². The van der Waals surface area contributed by atoms with Gasteiger partial charge in [-0.15, -0.1) is 0 Å². The molecule has 0 bridgehead atoms. The minimum Gasteiger partial charge on any atom is -0.478 e. The molecule has 6 nitrogen and oxygen atoms in total. The molecule has 1 aromatic carbocycles. The number of aromatic nitrogens is 3. The minimum atomic E-state index is -0.988. The Kier molecular flexibility index (Phi) is 2.32. The van der Waals surface area contributed by atoms with E-state index >= 15 is 0 Å². The van der Waals surface area contributed by atoms with Crippen molar-refractivity contribution in [3.05, 3.63) is 54.4 Å². The van der Waals surface area contributed by atoms with Crippen molar-refractivity contribution in [1.82, 2.24) is 14.6 Å². The highest BCUT2D eigenvalue weighted by Gasteiger charge is 2.14. The Balaban J connectivity index is 1.92. The Morgan fingerprint density at radius 1 is 1.24 bits per heavy atom. The smallest absolute Gasteiger partial charge is 0.335 e. The first-order valence-electron chi connectivity index (χ1n) is 6.29. The van der Waals surface area contributed by atoms with Crippen molar-refractivity contribution in [2.75, 3.05) is 0 Å². The summed E-state index contributed by atoms with van der Waals surface area (Å²) < 4.78 is 7.43. The van der Waals surface area contributed by atoms with E-state index in [0.29, 0.717) is 17.0 Å². The van der Waals surface area contributed by atoms with Crippen LogP contribution < -0.4 is 0 Å². The Morgan fingerprint density at radius 3 is 3.00 bits per heavy atom. The van der Waals surface area contributed by atoms with Crippen molar-refractivity contribution >= 4 is 22.6 Å². The van der Waals surface area contributed by atoms with Gasteiger partial charge in [0, 0.05) is 6.20 Å². The number of oxazole rings is 1. The summed E-state index contributed by atoms with van der Waals surface area (Å²) >= 11 is 0. The summed E-state index contributed by atoms with van der Waals surface area (Å²) in [7, 11) is 0. The van der Waals surface area contributed by atoms with Crippen LogP contribution in [0.5, 0.6) is 0 Å². The van der Waals surface area contributed by atoms with E-state index in [0.717, 1.165) is 11.1 Å². The van der Waals surface area contributed by atoms with Gasteiger partial charge in [-0.25, -0.2) is 14.3 Å². The summed E-state index contributed by atoms with van der Waals surface area (Å²) in [6.07, 6.45) is 3.52. The van der Waals surface area contributed by atoms with Gasteiger partial charge in [-0.2, -0.15) is 5.10 Å². The van der Waals surface area contributed by atoms with Crippen LogP contribution in [0, 0.1) is 0 Å². The lowest BCUT2D eigenvalue weighted by Crippen LogP contribution is -1.94. The van der Waals surface area contributed by atoms with Crippen LogP contribution >= 0.6 is 0 Å². The van der Waals surface area contributed by atoms with Crippen molar-refractivity contribution in [2.24, 2.45) is 0 Å². The summed E-state index contributed by atoms with van der Waals surface area (Å²) in [6, 6.07) is 10.3. The fourth-order valence-corrected chi connectivity index (χ4v) is 2.27. The van der Waals surface area contributed by atoms with Crippen molar-refractivity contribution in [3.63, 3.8) is 0 Å². The van der Waals surface area contributed by atoms with Crippen LogP contribution in [-0.2, 0) is 0 Å². The number of nitrogens with zero attached hydrogens (tertiary/aromatic N) is 3. The van der Waals surface area contributed by atoms with E-state index in [2.05, 4.69) is 10.1 Å². The van der Waals surface area contributed by atoms with Crippen LogP contribution in [0.4, 0.5) is 0 Å². The van der Waals surface area contributed by atoms with Crippen molar-refractivity contribution in [3.8, 4) is 11.5 Å². The van der Waals surface area contributed by atoms with E-state index in [1.165, 1.54) is 12.1 Å². The molecule has 0 aliphatic carbocycles. The molecule has 0 spiro atoms. The topological polar surface area (TPSA) is 80.6 Å². The van der Waals surface area contributed by atoms with Gasteiger partial charge in [0.2, 0.25) is 5.89 Å². The number of fused-ring (bicyclic) bond motifs is 2. The molecular weight excluding hydrogens is 270 g/mol. The normalized spacial score (nSPS) is 11.2. The lowest BCUT2D eigenvalue weighted by atomic mass is 10.2. The Labute approximate surface area is 118 Å². The van der Waals surface area contributed by atoms with Crippen molar-refractivity contribution in [2.45, 2.75) is 0 Å². The van der Waals surface area contributed by atoms with Gasteiger partial charge in [0.05, 0.1) is 22.8 Å². The largest absolute Gasteiger partial charge is 0.478 e. The molecule has 0 amide bonds. The first kappa shape index (κ1) is 11.7. The molecule has 0 atom stereocenters. The lowest BCUT2D eigenvalue weighted by Gasteiger charge is -1.92. The third-order valence-electron chi connectivity index (χ3n) is 3.29. The van der Waals surface area contributed by atoms with E-state index in [9.17, 15) is 4.79 Å². The highest BCUT2D eigenvalue weighted by Crippen LogP contribution is 2.27. The number of pyridine rings is 1. The van der Waals surface area contributed by atoms with E-state index in [1.54, 1.807) is 16.8 Å². The van der Waals surface area contributed by atoms with Gasteiger partial charge in [-0.05, 0) is 30.3 Å². The first-order valence-corrected chi connectivity index (χ1v) is 6.29. The molecule has 0 fully saturated rings. The summed E-state index contributed by atoms with van der Waals surface area (Å²) in [5, 5.41) is 13.2. The van der Waals surface area contributed by atoms with Crippen molar-refractivity contribution < 1.29 is 14.3 Å². The molecule has 4 aromatic rings. The lowest BCUT2D eigenvalue weighted by molar-refractivity contribution is 0.0697. The van der Waals surface area contributed by atoms with E-state index in [4.69, 9.17) is 9.52 Å². The van der Waals surface area contributed by atoms with Gasteiger partial charge in [0.25, 0.3) is 0 Å². The Hall–Kier alpha value is -3.15. The zero-order valence-corrected chi connectivity index (χ0v) is 10.7. The second-order valence-corrected chi connectivity index (χ2v) is 4.60. The summed E-state index contributed by atoms with van der Waals surface area (Å²) in [4.78, 5) is 15.3. The minimum absolute atomic E-state index is 0.183. The highest BCUT2D eigenvalue weighted by molar-refractivity contribution is 5.92. The number of hydrogen-bond donors (Lipinski definition) is 1. The number of hydrogen-bond acceptors (Lipinski definition) is 4. The van der Waals surface area contributed by atoms with Gasteiger partial charge >= 0.3 is 5.97 Å². The van der Waals surface area contributed by atoms with Crippen LogP contribution in [0.1, 0.15) is 10.4 Å². The van der Waals surface area contributed by atoms with Gasteiger partial charge < -0.3 is 9.52 Å². The molecule has 0 saturated heterocycles. The van der Waals surface area contributed by atoms with Crippen LogP contribution in [0.25, 0.3) is 28.1 Å². The van der Waals surface area contributed by atoms with Gasteiger partial charge in [-0.1, -0.05) is 6.07 Å². The fraction of sp³-hybridized carbons (Fsp3) is 0. The Morgan fingerprint density at radius 2 is 2.14 bits per heavy atom. The molecule has 3 aromatic heterocycles. The molecule has 0 unspecified atom stereocenters. The van der Waals surface area contributed by atoms with Gasteiger partial charge in [-0.3, -0.25) is 0 Å². The van der Waals surface area contributed by atoms with Crippen LogP contribution in [0.3, 0.4) is 0 Å². The van der Waals surface area contributed by atoms with Crippen LogP contribution in [0.15, 0.2) is 53.2 Å². The number of aromatic carboxylic acids is 1. The third kappa shape index (κ3) is 1.77. The zero-order chi connectivity index (χ0) is 14.4. The maximum Gasteiger partial charge on any atom is 0.335 e. The molecule has 4 rings (SSSR count). The maximum absolute atomic E-state index is 11.0. The first-order chi connectivity index (χ1) is 10.2. The van der Waals surface area contributed by atoms with Gasteiger partial charge in [0.1, 0.15) is 5.52 Å². The van der Waals surface area contributed by atoms with Crippen LogP contribution in [-0.4, -0.2) is 25.7 Å². The summed E-state index contributed by atoms with van der Waals surface area (Å²) in [5.41, 5.74) is 2.89. The number of benzene rings is 1. The number of carboxylic acid groups (broad SMARTS) is 1. The molecule has 3 heterocycles. The number of rotatable bonds is 2. The molecule has 0 aliphatic heterocycles. The summed E-state index contributed by atoms with van der Waals surface area (Å²) in [6.45, 7) is 0. The van der Waals surface area contributed by atoms with E-state index < -0.39 is 5.97 Å². The average molecular weight is 279 g/mol. The molecule has 21 heavy (non-hydrogen) atoms. The predicted molar refractivity (Wildman–Crippen MR) is 75.2 cm³/mol. The second-order valence-electron chi connectivity index (χ2n) is 4.60.